The molecule has 0 fully saturated rings. The second-order valence-corrected chi connectivity index (χ2v) is 2.56. The monoisotopic (exact) mass is 176 g/mol. The number of carbonyl (C=O) groups excluding carboxylic acids is 1. The van der Waals surface area contributed by atoms with Crippen LogP contribution in [0.1, 0.15) is 5.56 Å². The van der Waals surface area contributed by atoms with Gasteiger partial charge in [0.05, 0.1) is 0 Å². The maximum Gasteiger partial charge on any atom is 0.312 e. The molecule has 0 atom stereocenters. The summed E-state index contributed by atoms with van der Waals surface area (Å²) in [5.74, 6) is 0. The first kappa shape index (κ1) is 9.32. The molecule has 0 unspecified atom stereocenters. The summed E-state index contributed by atoms with van der Waals surface area (Å²) in [6.07, 6.45) is 3.77. The standard InChI is InChI=1S/C10H12N2O/c11-10(13)12-8-4-7-9-5-2-1-3-6-9/h1-7H,8H2,(H3,11,12,13)/b7-4+. The van der Waals surface area contributed by atoms with Crippen LogP contribution in [0.3, 0.4) is 0 Å². The quantitative estimate of drug-likeness (QED) is 0.718. The summed E-state index contributed by atoms with van der Waals surface area (Å²) >= 11 is 0. The zero-order valence-electron chi connectivity index (χ0n) is 7.23. The van der Waals surface area contributed by atoms with Crippen LogP contribution in [0.2, 0.25) is 0 Å². The van der Waals surface area contributed by atoms with Gasteiger partial charge in [-0.25, -0.2) is 4.79 Å². The molecule has 0 aliphatic heterocycles. The van der Waals surface area contributed by atoms with Gasteiger partial charge in [-0.2, -0.15) is 0 Å². The molecule has 1 aromatic rings. The summed E-state index contributed by atoms with van der Waals surface area (Å²) < 4.78 is 0. The second kappa shape index (κ2) is 4.98. The van der Waals surface area contributed by atoms with Gasteiger partial charge in [-0.3, -0.25) is 0 Å². The van der Waals surface area contributed by atoms with Gasteiger partial charge in [0.15, 0.2) is 0 Å². The molecular formula is C10H12N2O. The molecule has 3 nitrogen and oxygen atoms in total. The maximum absolute atomic E-state index is 10.3. The molecule has 0 bridgehead atoms. The topological polar surface area (TPSA) is 55.1 Å². The van der Waals surface area contributed by atoms with E-state index in [4.69, 9.17) is 5.73 Å². The minimum Gasteiger partial charge on any atom is -0.352 e. The molecule has 2 amide bonds. The van der Waals surface area contributed by atoms with Gasteiger partial charge in [-0.05, 0) is 5.56 Å². The third-order valence-electron chi connectivity index (χ3n) is 1.50. The van der Waals surface area contributed by atoms with E-state index in [2.05, 4.69) is 5.32 Å². The minimum atomic E-state index is -0.502. The Morgan fingerprint density at radius 3 is 2.69 bits per heavy atom. The van der Waals surface area contributed by atoms with Crippen LogP contribution >= 0.6 is 0 Å². The highest BCUT2D eigenvalue weighted by molar-refractivity contribution is 5.71. The van der Waals surface area contributed by atoms with E-state index >= 15 is 0 Å². The zero-order chi connectivity index (χ0) is 9.52. The molecule has 0 spiro atoms. The molecular weight excluding hydrogens is 164 g/mol. The van der Waals surface area contributed by atoms with Crippen molar-refractivity contribution in [3.63, 3.8) is 0 Å². The van der Waals surface area contributed by atoms with Crippen molar-refractivity contribution in [3.8, 4) is 0 Å². The highest BCUT2D eigenvalue weighted by Crippen LogP contribution is 1.99. The molecule has 0 radical (unpaired) electrons. The number of benzene rings is 1. The Morgan fingerprint density at radius 2 is 2.08 bits per heavy atom. The first-order valence-electron chi connectivity index (χ1n) is 4.04. The average Bonchev–Trinajstić information content (AvgIpc) is 2.14. The van der Waals surface area contributed by atoms with Crippen molar-refractivity contribution in [2.45, 2.75) is 0 Å². The molecule has 68 valence electrons. The van der Waals surface area contributed by atoms with Crippen LogP contribution in [0.5, 0.6) is 0 Å². The third kappa shape index (κ3) is 3.96. The number of hydrogen-bond acceptors (Lipinski definition) is 1. The lowest BCUT2D eigenvalue weighted by Gasteiger charge is -1.94. The third-order valence-corrected chi connectivity index (χ3v) is 1.50. The SMILES string of the molecule is NC(=O)NC/C=C/c1ccccc1. The number of carbonyl (C=O) groups is 1. The Labute approximate surface area is 77.3 Å². The Morgan fingerprint density at radius 1 is 1.38 bits per heavy atom. The van der Waals surface area contributed by atoms with E-state index in [1.165, 1.54) is 0 Å². The summed E-state index contributed by atoms with van der Waals surface area (Å²) in [5, 5.41) is 2.47. The molecule has 0 aliphatic carbocycles. The van der Waals surface area contributed by atoms with Crippen molar-refractivity contribution in [3.05, 3.63) is 42.0 Å². The van der Waals surface area contributed by atoms with E-state index < -0.39 is 6.03 Å². The van der Waals surface area contributed by atoms with Crippen molar-refractivity contribution in [1.29, 1.82) is 0 Å². The van der Waals surface area contributed by atoms with E-state index in [1.807, 2.05) is 42.5 Å². The number of rotatable bonds is 3. The van der Waals surface area contributed by atoms with Crippen LogP contribution in [-0.2, 0) is 0 Å². The second-order valence-electron chi connectivity index (χ2n) is 2.56. The number of nitrogens with two attached hydrogens (primary N) is 1. The normalized spacial score (nSPS) is 10.2. The number of amides is 2. The molecule has 13 heavy (non-hydrogen) atoms. The maximum atomic E-state index is 10.3. The fraction of sp³-hybridized carbons (Fsp3) is 0.100. The molecule has 0 saturated carbocycles. The van der Waals surface area contributed by atoms with Gasteiger partial charge in [-0.1, -0.05) is 42.5 Å². The van der Waals surface area contributed by atoms with Crippen LogP contribution in [0, 0.1) is 0 Å². The van der Waals surface area contributed by atoms with E-state index in [0.29, 0.717) is 6.54 Å². The number of nitrogens with one attached hydrogen (secondary N) is 1. The van der Waals surface area contributed by atoms with Gasteiger partial charge >= 0.3 is 6.03 Å². The van der Waals surface area contributed by atoms with Crippen molar-refractivity contribution in [2.75, 3.05) is 6.54 Å². The van der Waals surface area contributed by atoms with Crippen LogP contribution in [0.25, 0.3) is 6.08 Å². The molecule has 1 rings (SSSR count). The summed E-state index contributed by atoms with van der Waals surface area (Å²) in [4.78, 5) is 10.3. The zero-order valence-corrected chi connectivity index (χ0v) is 7.23. The van der Waals surface area contributed by atoms with Gasteiger partial charge in [0.1, 0.15) is 0 Å². The van der Waals surface area contributed by atoms with Crippen LogP contribution in [0.4, 0.5) is 4.79 Å². The first-order chi connectivity index (χ1) is 6.29. The minimum absolute atomic E-state index is 0.463. The van der Waals surface area contributed by atoms with Crippen molar-refractivity contribution in [2.24, 2.45) is 5.73 Å². The lowest BCUT2D eigenvalue weighted by atomic mass is 10.2. The molecule has 0 aliphatic rings. The molecule has 1 aromatic carbocycles. The predicted molar refractivity (Wildman–Crippen MR) is 53.1 cm³/mol. The highest BCUT2D eigenvalue weighted by atomic mass is 16.2. The molecule has 3 heteroatoms. The Hall–Kier alpha value is -1.77. The van der Waals surface area contributed by atoms with Gasteiger partial charge in [0, 0.05) is 6.54 Å². The largest absolute Gasteiger partial charge is 0.352 e. The average molecular weight is 176 g/mol. The Bertz CT molecular complexity index is 293. The summed E-state index contributed by atoms with van der Waals surface area (Å²) in [6.45, 7) is 0.463. The number of primary amides is 1. The van der Waals surface area contributed by atoms with Crippen LogP contribution in [-0.4, -0.2) is 12.6 Å². The van der Waals surface area contributed by atoms with Gasteiger partial charge < -0.3 is 11.1 Å². The Kier molecular flexibility index (Phi) is 3.57. The number of hydrogen-bond donors (Lipinski definition) is 2. The lowest BCUT2D eigenvalue weighted by molar-refractivity contribution is 0.250. The smallest absolute Gasteiger partial charge is 0.312 e. The van der Waals surface area contributed by atoms with E-state index in [9.17, 15) is 4.79 Å². The van der Waals surface area contributed by atoms with Gasteiger partial charge in [0.25, 0.3) is 0 Å². The van der Waals surface area contributed by atoms with Crippen molar-refractivity contribution >= 4 is 12.1 Å². The van der Waals surface area contributed by atoms with Crippen LogP contribution < -0.4 is 11.1 Å². The van der Waals surface area contributed by atoms with E-state index in [0.717, 1.165) is 5.56 Å². The Balaban J connectivity index is 2.37. The fourth-order valence-corrected chi connectivity index (χ4v) is 0.919. The van der Waals surface area contributed by atoms with Gasteiger partial charge in [-0.15, -0.1) is 0 Å². The first-order valence-corrected chi connectivity index (χ1v) is 4.04. The van der Waals surface area contributed by atoms with Gasteiger partial charge in [0.2, 0.25) is 0 Å². The van der Waals surface area contributed by atoms with Crippen molar-refractivity contribution in [1.82, 2.24) is 5.32 Å². The predicted octanol–water partition coefficient (Wildman–Crippen LogP) is 1.37. The van der Waals surface area contributed by atoms with E-state index in [-0.39, 0.29) is 0 Å². The van der Waals surface area contributed by atoms with Crippen LogP contribution in [0.15, 0.2) is 36.4 Å². The number of urea groups is 1. The highest BCUT2D eigenvalue weighted by Gasteiger charge is 1.85. The molecule has 0 saturated heterocycles. The molecule has 3 N–H and O–H groups in total. The fourth-order valence-electron chi connectivity index (χ4n) is 0.919. The molecule has 0 heterocycles. The summed E-state index contributed by atoms with van der Waals surface area (Å²) in [7, 11) is 0. The van der Waals surface area contributed by atoms with E-state index in [1.54, 1.807) is 0 Å². The summed E-state index contributed by atoms with van der Waals surface area (Å²) in [5.41, 5.74) is 5.99. The summed E-state index contributed by atoms with van der Waals surface area (Å²) in [6, 6.07) is 9.35. The van der Waals surface area contributed by atoms with Crippen molar-refractivity contribution < 1.29 is 4.79 Å². The lowest BCUT2D eigenvalue weighted by Crippen LogP contribution is -2.29. The molecule has 0 aromatic heterocycles.